The Balaban J connectivity index is 1.73. The van der Waals surface area contributed by atoms with Gasteiger partial charge in [0.1, 0.15) is 11.8 Å². The molecular formula is C21H16Br2N2O5S. The molecule has 0 aliphatic carbocycles. The van der Waals surface area contributed by atoms with Crippen molar-refractivity contribution in [3.63, 3.8) is 0 Å². The number of imide groups is 1. The Labute approximate surface area is 195 Å². The summed E-state index contributed by atoms with van der Waals surface area (Å²) < 4.78 is 34.8. The van der Waals surface area contributed by atoms with E-state index in [4.69, 9.17) is 4.42 Å². The molecule has 31 heavy (non-hydrogen) atoms. The molecule has 2 heterocycles. The van der Waals surface area contributed by atoms with Crippen molar-refractivity contribution in [1.29, 1.82) is 0 Å². The largest absolute Gasteiger partial charge is 0.468 e. The van der Waals surface area contributed by atoms with Crippen LogP contribution in [0.4, 0.5) is 5.69 Å². The number of carbonyl (C=O) groups excluding carboxylic acids is 2. The number of furan rings is 1. The molecule has 0 N–H and O–H groups in total. The summed E-state index contributed by atoms with van der Waals surface area (Å²) in [5.41, 5.74) is 0.389. The maximum Gasteiger partial charge on any atom is 0.252 e. The molecule has 1 aliphatic heterocycles. The van der Waals surface area contributed by atoms with E-state index in [1.165, 1.54) is 18.4 Å². The van der Waals surface area contributed by atoms with Crippen molar-refractivity contribution in [2.45, 2.75) is 23.9 Å². The first-order valence-electron chi connectivity index (χ1n) is 9.19. The van der Waals surface area contributed by atoms with E-state index in [2.05, 4.69) is 31.9 Å². The van der Waals surface area contributed by atoms with E-state index in [1.807, 2.05) is 0 Å². The van der Waals surface area contributed by atoms with Gasteiger partial charge in [-0.05, 0) is 60.7 Å². The third-order valence-electron chi connectivity index (χ3n) is 4.87. The van der Waals surface area contributed by atoms with Crippen molar-refractivity contribution >= 4 is 59.4 Å². The lowest BCUT2D eigenvalue weighted by molar-refractivity contribution is -0.122. The SMILES string of the molecule is O=C1CC(N(Cc2ccco2)S(=O)(=O)c2ccc(Br)cc2)C(=O)N1c1ccc(Br)cc1. The molecule has 1 aliphatic rings. The van der Waals surface area contributed by atoms with Crippen molar-refractivity contribution < 1.29 is 22.4 Å². The predicted molar refractivity (Wildman–Crippen MR) is 121 cm³/mol. The number of anilines is 1. The number of rotatable bonds is 6. The predicted octanol–water partition coefficient (Wildman–Crippen LogP) is 4.33. The molecule has 0 spiro atoms. The lowest BCUT2D eigenvalue weighted by Gasteiger charge is -2.26. The van der Waals surface area contributed by atoms with Crippen LogP contribution in [0.25, 0.3) is 0 Å². The van der Waals surface area contributed by atoms with E-state index < -0.39 is 27.9 Å². The van der Waals surface area contributed by atoms with E-state index >= 15 is 0 Å². The zero-order valence-corrected chi connectivity index (χ0v) is 19.9. The average Bonchev–Trinajstić information content (AvgIpc) is 3.35. The number of hydrogen-bond donors (Lipinski definition) is 0. The summed E-state index contributed by atoms with van der Waals surface area (Å²) in [6, 6.07) is 14.9. The highest BCUT2D eigenvalue weighted by Crippen LogP contribution is 2.31. The van der Waals surface area contributed by atoms with Gasteiger partial charge < -0.3 is 4.42 Å². The van der Waals surface area contributed by atoms with Crippen LogP contribution < -0.4 is 4.90 Å². The normalized spacial score (nSPS) is 17.0. The molecule has 2 aromatic carbocycles. The Kier molecular flexibility index (Phi) is 6.16. The average molecular weight is 568 g/mol. The summed E-state index contributed by atoms with van der Waals surface area (Å²) in [6.07, 6.45) is 1.17. The molecule has 7 nitrogen and oxygen atoms in total. The monoisotopic (exact) mass is 566 g/mol. The second-order valence-corrected chi connectivity index (χ2v) is 10.6. The first-order chi connectivity index (χ1) is 14.8. The van der Waals surface area contributed by atoms with Gasteiger partial charge in [0.25, 0.3) is 5.91 Å². The van der Waals surface area contributed by atoms with Crippen molar-refractivity contribution in [2.24, 2.45) is 0 Å². The quantitative estimate of drug-likeness (QED) is 0.414. The number of sulfonamides is 1. The summed E-state index contributed by atoms with van der Waals surface area (Å²) >= 11 is 6.61. The third kappa shape index (κ3) is 4.38. The summed E-state index contributed by atoms with van der Waals surface area (Å²) in [6.45, 7) is -0.177. The maximum absolute atomic E-state index is 13.5. The molecule has 10 heteroatoms. The van der Waals surface area contributed by atoms with Gasteiger partial charge in [-0.1, -0.05) is 31.9 Å². The summed E-state index contributed by atoms with van der Waals surface area (Å²) in [7, 11) is -4.10. The zero-order valence-electron chi connectivity index (χ0n) is 15.9. The van der Waals surface area contributed by atoms with Crippen molar-refractivity contribution in [1.82, 2.24) is 4.31 Å². The summed E-state index contributed by atoms with van der Waals surface area (Å²) in [4.78, 5) is 27.0. The van der Waals surface area contributed by atoms with Crippen LogP contribution in [-0.4, -0.2) is 30.6 Å². The third-order valence-corrected chi connectivity index (χ3v) is 7.79. The van der Waals surface area contributed by atoms with Gasteiger partial charge in [0.05, 0.1) is 29.8 Å². The van der Waals surface area contributed by atoms with Gasteiger partial charge in [-0.25, -0.2) is 13.3 Å². The maximum atomic E-state index is 13.5. The lowest BCUT2D eigenvalue weighted by atomic mass is 10.2. The van der Waals surface area contributed by atoms with Crippen LogP contribution in [0.3, 0.4) is 0 Å². The minimum absolute atomic E-state index is 0.0181. The second-order valence-electron chi connectivity index (χ2n) is 6.85. The molecule has 1 aromatic heterocycles. The summed E-state index contributed by atoms with van der Waals surface area (Å²) in [5.74, 6) is -0.699. The van der Waals surface area contributed by atoms with Gasteiger partial charge in [0.15, 0.2) is 0 Å². The van der Waals surface area contributed by atoms with Crippen LogP contribution in [0.15, 0.2) is 85.2 Å². The Morgan fingerprint density at radius 3 is 2.16 bits per heavy atom. The Morgan fingerprint density at radius 2 is 1.58 bits per heavy atom. The van der Waals surface area contributed by atoms with E-state index in [-0.39, 0.29) is 17.9 Å². The smallest absolute Gasteiger partial charge is 0.252 e. The number of hydrogen-bond acceptors (Lipinski definition) is 5. The highest BCUT2D eigenvalue weighted by atomic mass is 79.9. The zero-order chi connectivity index (χ0) is 22.2. The van der Waals surface area contributed by atoms with Crippen molar-refractivity contribution in [3.05, 3.63) is 81.6 Å². The van der Waals surface area contributed by atoms with Gasteiger partial charge in [0.2, 0.25) is 15.9 Å². The molecule has 1 saturated heterocycles. The van der Waals surface area contributed by atoms with E-state index in [1.54, 1.807) is 48.5 Å². The van der Waals surface area contributed by atoms with Crippen LogP contribution in [-0.2, 0) is 26.2 Å². The fourth-order valence-electron chi connectivity index (χ4n) is 3.36. The number of benzene rings is 2. The highest BCUT2D eigenvalue weighted by Gasteiger charge is 2.47. The topological polar surface area (TPSA) is 87.9 Å². The van der Waals surface area contributed by atoms with Crippen molar-refractivity contribution in [3.8, 4) is 0 Å². The molecule has 0 radical (unpaired) electrons. The minimum Gasteiger partial charge on any atom is -0.468 e. The minimum atomic E-state index is -4.10. The standard InChI is InChI=1S/C21H16Br2N2O5S/c22-14-3-7-16(8-4-14)25-20(26)12-19(21(25)27)24(13-17-2-1-11-30-17)31(28,29)18-9-5-15(23)6-10-18/h1-11,19H,12-13H2. The van der Waals surface area contributed by atoms with Gasteiger partial charge in [-0.15, -0.1) is 0 Å². The molecule has 2 amide bonds. The van der Waals surface area contributed by atoms with Gasteiger partial charge in [-0.3, -0.25) is 9.59 Å². The fraction of sp³-hybridized carbons (Fsp3) is 0.143. The lowest BCUT2D eigenvalue weighted by Crippen LogP contribution is -2.45. The van der Waals surface area contributed by atoms with E-state index in [0.717, 1.165) is 18.2 Å². The van der Waals surface area contributed by atoms with Crippen molar-refractivity contribution in [2.75, 3.05) is 4.90 Å². The molecule has 160 valence electrons. The van der Waals surface area contributed by atoms with Crippen LogP contribution in [0.1, 0.15) is 12.2 Å². The first-order valence-corrected chi connectivity index (χ1v) is 12.2. The summed E-state index contributed by atoms with van der Waals surface area (Å²) in [5, 5.41) is 0. The van der Waals surface area contributed by atoms with Gasteiger partial charge in [-0.2, -0.15) is 4.31 Å². The molecule has 3 aromatic rings. The second kappa shape index (κ2) is 8.70. The Morgan fingerprint density at radius 1 is 0.968 bits per heavy atom. The molecule has 1 unspecified atom stereocenters. The highest BCUT2D eigenvalue weighted by molar-refractivity contribution is 9.10. The van der Waals surface area contributed by atoms with Crippen LogP contribution in [0, 0.1) is 0 Å². The number of halogens is 2. The van der Waals surface area contributed by atoms with Crippen LogP contribution >= 0.6 is 31.9 Å². The van der Waals surface area contributed by atoms with E-state index in [9.17, 15) is 18.0 Å². The number of carbonyl (C=O) groups is 2. The Bertz CT molecular complexity index is 1210. The molecule has 0 saturated carbocycles. The molecule has 1 fully saturated rings. The fourth-order valence-corrected chi connectivity index (χ4v) is 5.44. The first kappa shape index (κ1) is 21.9. The van der Waals surface area contributed by atoms with Crippen LogP contribution in [0.5, 0.6) is 0 Å². The molecular weight excluding hydrogens is 552 g/mol. The number of nitrogens with zero attached hydrogens (tertiary/aromatic N) is 2. The number of amides is 2. The van der Waals surface area contributed by atoms with Gasteiger partial charge in [0, 0.05) is 8.95 Å². The molecule has 4 rings (SSSR count). The molecule has 1 atom stereocenters. The Hall–Kier alpha value is -2.27. The van der Waals surface area contributed by atoms with E-state index in [0.29, 0.717) is 11.4 Å². The van der Waals surface area contributed by atoms with Gasteiger partial charge >= 0.3 is 0 Å². The molecule has 0 bridgehead atoms. The van der Waals surface area contributed by atoms with Crippen LogP contribution in [0.2, 0.25) is 0 Å².